The monoisotopic (exact) mass is 400 g/mol. The molecule has 2 heterocycles. The molecule has 1 fully saturated rings. The molecule has 0 unspecified atom stereocenters. The number of aliphatic imine (C=N–C) groups is 1. The van der Waals surface area contributed by atoms with Gasteiger partial charge in [0.15, 0.2) is 5.96 Å². The molecule has 0 spiro atoms. The fourth-order valence-electron chi connectivity index (χ4n) is 3.27. The molecule has 2 aromatic rings. The van der Waals surface area contributed by atoms with E-state index >= 15 is 0 Å². The Labute approximate surface area is 172 Å². The third-order valence-electron chi connectivity index (χ3n) is 5.05. The van der Waals surface area contributed by atoms with Crippen molar-refractivity contribution in [1.29, 1.82) is 0 Å². The van der Waals surface area contributed by atoms with Crippen molar-refractivity contribution in [2.24, 2.45) is 4.99 Å². The van der Waals surface area contributed by atoms with Crippen LogP contribution in [0.5, 0.6) is 0 Å². The van der Waals surface area contributed by atoms with Crippen molar-refractivity contribution in [3.8, 4) is 0 Å². The normalized spacial score (nSPS) is 16.3. The zero-order chi connectivity index (χ0) is 19.8. The summed E-state index contributed by atoms with van der Waals surface area (Å²) in [5.74, 6) is 0.827. The van der Waals surface area contributed by atoms with E-state index in [0.29, 0.717) is 0 Å². The van der Waals surface area contributed by atoms with E-state index in [0.717, 1.165) is 68.9 Å². The molecule has 1 aliphatic rings. The standard InChI is InChI=1S/C21H32N6S/c1-17-25-20(16-28-17)8-9-23-21(22-2)24-14-18-4-6-19(7-5-18)15-27-12-10-26(3)11-13-27/h4-7,16H,8-15H2,1-3H3,(H2,22,23,24). The summed E-state index contributed by atoms with van der Waals surface area (Å²) in [4.78, 5) is 13.7. The van der Waals surface area contributed by atoms with E-state index in [2.05, 4.69) is 67.1 Å². The summed E-state index contributed by atoms with van der Waals surface area (Å²) < 4.78 is 0. The fraction of sp³-hybridized carbons (Fsp3) is 0.524. The number of aryl methyl sites for hydroxylation is 1. The van der Waals surface area contributed by atoms with Crippen molar-refractivity contribution < 1.29 is 0 Å². The van der Waals surface area contributed by atoms with Gasteiger partial charge in [-0.05, 0) is 25.1 Å². The first-order valence-electron chi connectivity index (χ1n) is 9.96. The maximum Gasteiger partial charge on any atom is 0.191 e. The van der Waals surface area contributed by atoms with E-state index in [1.165, 1.54) is 11.1 Å². The molecule has 0 saturated carbocycles. The SMILES string of the molecule is CN=C(NCCc1csc(C)n1)NCc1ccc(CN2CCN(C)CC2)cc1. The van der Waals surface area contributed by atoms with Crippen molar-refractivity contribution in [2.45, 2.75) is 26.4 Å². The summed E-state index contributed by atoms with van der Waals surface area (Å²) in [6.07, 6.45) is 0.909. The van der Waals surface area contributed by atoms with E-state index < -0.39 is 0 Å². The van der Waals surface area contributed by atoms with Gasteiger partial charge in [0.25, 0.3) is 0 Å². The molecule has 0 atom stereocenters. The van der Waals surface area contributed by atoms with Crippen LogP contribution >= 0.6 is 11.3 Å². The Bertz CT molecular complexity index is 747. The molecular weight excluding hydrogens is 368 g/mol. The average molecular weight is 401 g/mol. The first kappa shape index (κ1) is 20.8. The van der Waals surface area contributed by atoms with E-state index in [4.69, 9.17) is 0 Å². The van der Waals surface area contributed by atoms with Gasteiger partial charge in [0.2, 0.25) is 0 Å². The maximum absolute atomic E-state index is 4.49. The van der Waals surface area contributed by atoms with Gasteiger partial charge < -0.3 is 15.5 Å². The highest BCUT2D eigenvalue weighted by molar-refractivity contribution is 7.09. The highest BCUT2D eigenvalue weighted by Crippen LogP contribution is 2.10. The molecule has 1 aromatic heterocycles. The molecule has 1 aromatic carbocycles. The molecule has 1 aliphatic heterocycles. The summed E-state index contributed by atoms with van der Waals surface area (Å²) in [6.45, 7) is 9.31. The molecular formula is C21H32N6S. The number of thiazole rings is 1. The predicted octanol–water partition coefficient (Wildman–Crippen LogP) is 2.11. The summed E-state index contributed by atoms with van der Waals surface area (Å²) in [6, 6.07) is 8.92. The fourth-order valence-corrected chi connectivity index (χ4v) is 3.91. The van der Waals surface area contributed by atoms with Crippen LogP contribution in [-0.2, 0) is 19.5 Å². The van der Waals surface area contributed by atoms with Crippen LogP contribution in [0.15, 0.2) is 34.6 Å². The second-order valence-corrected chi connectivity index (χ2v) is 8.42. The number of likely N-dealkylation sites (N-methyl/N-ethyl adjacent to an activating group) is 1. The average Bonchev–Trinajstić information content (AvgIpc) is 3.12. The van der Waals surface area contributed by atoms with Gasteiger partial charge in [0, 0.05) is 64.7 Å². The second-order valence-electron chi connectivity index (χ2n) is 7.36. The van der Waals surface area contributed by atoms with Gasteiger partial charge in [-0.25, -0.2) is 4.98 Å². The van der Waals surface area contributed by atoms with Crippen molar-refractivity contribution in [3.63, 3.8) is 0 Å². The minimum absolute atomic E-state index is 0.768. The van der Waals surface area contributed by atoms with Gasteiger partial charge >= 0.3 is 0 Å². The third-order valence-corrected chi connectivity index (χ3v) is 5.87. The minimum Gasteiger partial charge on any atom is -0.356 e. The van der Waals surface area contributed by atoms with Crippen LogP contribution in [0.2, 0.25) is 0 Å². The Morgan fingerprint density at radius 2 is 1.82 bits per heavy atom. The van der Waals surface area contributed by atoms with Crippen LogP contribution in [0.3, 0.4) is 0 Å². The first-order valence-corrected chi connectivity index (χ1v) is 10.8. The number of nitrogens with zero attached hydrogens (tertiary/aromatic N) is 4. The molecule has 0 radical (unpaired) electrons. The number of aromatic nitrogens is 1. The van der Waals surface area contributed by atoms with Gasteiger partial charge in [-0.15, -0.1) is 11.3 Å². The largest absolute Gasteiger partial charge is 0.356 e. The molecule has 3 rings (SSSR count). The van der Waals surface area contributed by atoms with Crippen molar-refractivity contribution >= 4 is 17.3 Å². The lowest BCUT2D eigenvalue weighted by Crippen LogP contribution is -2.43. The number of nitrogens with one attached hydrogen (secondary N) is 2. The Balaban J connectivity index is 1.39. The van der Waals surface area contributed by atoms with Crippen LogP contribution in [0.25, 0.3) is 0 Å². The lowest BCUT2D eigenvalue weighted by atomic mass is 10.1. The van der Waals surface area contributed by atoms with Crippen molar-refractivity contribution in [3.05, 3.63) is 51.5 Å². The number of guanidine groups is 1. The number of piperazine rings is 1. The van der Waals surface area contributed by atoms with Gasteiger partial charge in [-0.2, -0.15) is 0 Å². The van der Waals surface area contributed by atoms with Crippen LogP contribution in [0.1, 0.15) is 21.8 Å². The number of hydrogen-bond acceptors (Lipinski definition) is 5. The van der Waals surface area contributed by atoms with Gasteiger partial charge in [-0.3, -0.25) is 9.89 Å². The Morgan fingerprint density at radius 3 is 2.46 bits per heavy atom. The van der Waals surface area contributed by atoms with Gasteiger partial charge in [0.1, 0.15) is 0 Å². The predicted molar refractivity (Wildman–Crippen MR) is 118 cm³/mol. The summed E-state index contributed by atoms with van der Waals surface area (Å²) in [5.41, 5.74) is 3.79. The zero-order valence-electron chi connectivity index (χ0n) is 17.2. The maximum atomic E-state index is 4.49. The number of benzene rings is 1. The van der Waals surface area contributed by atoms with Crippen LogP contribution in [0.4, 0.5) is 0 Å². The molecule has 152 valence electrons. The molecule has 28 heavy (non-hydrogen) atoms. The van der Waals surface area contributed by atoms with Crippen LogP contribution < -0.4 is 10.6 Å². The third kappa shape index (κ3) is 6.58. The van der Waals surface area contributed by atoms with Crippen LogP contribution in [0, 0.1) is 6.92 Å². The van der Waals surface area contributed by atoms with E-state index in [1.807, 2.05) is 14.0 Å². The van der Waals surface area contributed by atoms with Gasteiger partial charge in [-0.1, -0.05) is 24.3 Å². The number of rotatable bonds is 7. The Morgan fingerprint density at radius 1 is 1.11 bits per heavy atom. The van der Waals surface area contributed by atoms with Crippen molar-refractivity contribution in [1.82, 2.24) is 25.4 Å². The Hall–Kier alpha value is -1.96. The lowest BCUT2D eigenvalue weighted by Gasteiger charge is -2.32. The molecule has 0 bridgehead atoms. The highest BCUT2D eigenvalue weighted by atomic mass is 32.1. The van der Waals surface area contributed by atoms with Crippen molar-refractivity contribution in [2.75, 3.05) is 46.8 Å². The van der Waals surface area contributed by atoms with Crippen LogP contribution in [-0.4, -0.2) is 67.6 Å². The molecule has 7 heteroatoms. The summed E-state index contributed by atoms with van der Waals surface area (Å²) >= 11 is 1.70. The number of hydrogen-bond donors (Lipinski definition) is 2. The summed E-state index contributed by atoms with van der Waals surface area (Å²) in [7, 11) is 4.00. The topological polar surface area (TPSA) is 55.8 Å². The van der Waals surface area contributed by atoms with E-state index in [-0.39, 0.29) is 0 Å². The first-order chi connectivity index (χ1) is 13.6. The molecule has 0 aliphatic carbocycles. The minimum atomic E-state index is 0.768. The highest BCUT2D eigenvalue weighted by Gasteiger charge is 2.13. The van der Waals surface area contributed by atoms with E-state index in [9.17, 15) is 0 Å². The van der Waals surface area contributed by atoms with Gasteiger partial charge in [0.05, 0.1) is 10.7 Å². The molecule has 1 saturated heterocycles. The smallest absolute Gasteiger partial charge is 0.191 e. The van der Waals surface area contributed by atoms with E-state index in [1.54, 1.807) is 11.3 Å². The second kappa shape index (κ2) is 10.5. The molecule has 2 N–H and O–H groups in total. The quantitative estimate of drug-likeness (QED) is 0.551. The Kier molecular flexibility index (Phi) is 7.82. The summed E-state index contributed by atoms with van der Waals surface area (Å²) in [5, 5.41) is 9.99. The molecule has 6 nitrogen and oxygen atoms in total. The lowest BCUT2D eigenvalue weighted by molar-refractivity contribution is 0.148. The zero-order valence-corrected chi connectivity index (χ0v) is 18.1. The molecule has 0 amide bonds.